The van der Waals surface area contributed by atoms with Crippen molar-refractivity contribution in [2.75, 3.05) is 13.1 Å². The third kappa shape index (κ3) is 3.79. The number of nitrogens with zero attached hydrogens (tertiary/aromatic N) is 1. The lowest BCUT2D eigenvalue weighted by molar-refractivity contribution is -0.130. The van der Waals surface area contributed by atoms with Crippen molar-refractivity contribution >= 4 is 18.5 Å². The fourth-order valence-electron chi connectivity index (χ4n) is 1.43. The Morgan fingerprint density at radius 1 is 1.60 bits per heavy atom. The molecule has 84 valence electrons. The van der Waals surface area contributed by atoms with Crippen LogP contribution in [0, 0.1) is 24.2 Å². The summed E-state index contributed by atoms with van der Waals surface area (Å²) in [4.78, 5) is 13.8. The average molecular weight is 225 g/mol. The zero-order chi connectivity index (χ0) is 11.4. The highest BCUT2D eigenvalue weighted by molar-refractivity contribution is 7.81. The number of hydrogen-bond acceptors (Lipinski definition) is 2. The lowest BCUT2D eigenvalue weighted by Crippen LogP contribution is -2.40. The summed E-state index contributed by atoms with van der Waals surface area (Å²) in [6.07, 6.45) is 7.73. The maximum Gasteiger partial charge on any atom is 0.236 e. The summed E-state index contributed by atoms with van der Waals surface area (Å²) in [6.45, 7) is 5.23. The summed E-state index contributed by atoms with van der Waals surface area (Å²) >= 11 is 4.33. The van der Waals surface area contributed by atoms with E-state index < -0.39 is 0 Å². The quantitative estimate of drug-likeness (QED) is 0.559. The highest BCUT2D eigenvalue weighted by atomic mass is 32.1. The van der Waals surface area contributed by atoms with Crippen LogP contribution in [0.5, 0.6) is 0 Å². The van der Waals surface area contributed by atoms with Crippen LogP contribution in [0.25, 0.3) is 0 Å². The summed E-state index contributed by atoms with van der Waals surface area (Å²) < 4.78 is 0. The molecule has 1 atom stereocenters. The van der Waals surface area contributed by atoms with Crippen molar-refractivity contribution in [2.45, 2.75) is 31.9 Å². The smallest absolute Gasteiger partial charge is 0.236 e. The van der Waals surface area contributed by atoms with Crippen molar-refractivity contribution in [1.82, 2.24) is 4.90 Å². The number of terminal acetylenes is 1. The van der Waals surface area contributed by atoms with E-state index in [9.17, 15) is 4.79 Å². The first-order chi connectivity index (χ1) is 7.06. The van der Waals surface area contributed by atoms with Crippen LogP contribution in [0.2, 0.25) is 0 Å². The predicted octanol–water partition coefficient (Wildman–Crippen LogP) is 1.81. The molecule has 15 heavy (non-hydrogen) atoms. The van der Waals surface area contributed by atoms with Gasteiger partial charge in [-0.05, 0) is 24.7 Å². The summed E-state index contributed by atoms with van der Waals surface area (Å²) in [5, 5.41) is -0.225. The lowest BCUT2D eigenvalue weighted by atomic mass is 10.1. The van der Waals surface area contributed by atoms with E-state index in [1.54, 1.807) is 4.90 Å². The number of carbonyl (C=O) groups excluding carboxylic acids is 1. The Morgan fingerprint density at radius 2 is 2.20 bits per heavy atom. The van der Waals surface area contributed by atoms with E-state index in [1.807, 2.05) is 13.8 Å². The summed E-state index contributed by atoms with van der Waals surface area (Å²) in [5.74, 6) is 3.55. The normalized spacial score (nSPS) is 17.3. The molecule has 0 heterocycles. The lowest BCUT2D eigenvalue weighted by Gasteiger charge is -2.25. The molecule has 0 saturated heterocycles. The third-order valence-corrected chi connectivity index (χ3v) is 3.47. The highest BCUT2D eigenvalue weighted by Gasteiger charge is 2.29. The second kappa shape index (κ2) is 5.46. The topological polar surface area (TPSA) is 20.3 Å². The van der Waals surface area contributed by atoms with E-state index in [2.05, 4.69) is 18.5 Å². The van der Waals surface area contributed by atoms with Crippen LogP contribution in [-0.2, 0) is 4.79 Å². The van der Waals surface area contributed by atoms with Crippen molar-refractivity contribution in [3.63, 3.8) is 0 Å². The molecule has 0 N–H and O–H groups in total. The van der Waals surface area contributed by atoms with Gasteiger partial charge in [-0.1, -0.05) is 19.8 Å². The van der Waals surface area contributed by atoms with Gasteiger partial charge in [-0.25, -0.2) is 0 Å². The molecule has 0 spiro atoms. The van der Waals surface area contributed by atoms with Crippen LogP contribution < -0.4 is 0 Å². The Morgan fingerprint density at radius 3 is 2.60 bits per heavy atom. The minimum atomic E-state index is -0.225. The molecule has 0 aromatic carbocycles. The Bertz CT molecular complexity index is 265. The van der Waals surface area contributed by atoms with Crippen LogP contribution in [0.15, 0.2) is 0 Å². The number of rotatable bonds is 5. The van der Waals surface area contributed by atoms with Crippen LogP contribution in [0.1, 0.15) is 26.7 Å². The van der Waals surface area contributed by atoms with Gasteiger partial charge in [0.2, 0.25) is 5.91 Å². The molecular formula is C12H19NOS. The standard InChI is InChI=1S/C12H19NOS/c1-4-7-13(8-10-5-6-10)12(14)11(15)9(2)3/h1,9-11,15H,5-8H2,2-3H3. The van der Waals surface area contributed by atoms with E-state index >= 15 is 0 Å². The first-order valence-corrected chi connectivity index (χ1v) is 5.98. The van der Waals surface area contributed by atoms with Gasteiger partial charge in [-0.2, -0.15) is 12.6 Å². The first-order valence-electron chi connectivity index (χ1n) is 5.46. The van der Waals surface area contributed by atoms with Crippen LogP contribution in [-0.4, -0.2) is 29.1 Å². The number of hydrogen-bond donors (Lipinski definition) is 1. The molecule has 1 amide bonds. The maximum absolute atomic E-state index is 12.0. The van der Waals surface area contributed by atoms with Crippen LogP contribution in [0.4, 0.5) is 0 Å². The molecule has 1 rings (SSSR count). The van der Waals surface area contributed by atoms with E-state index in [4.69, 9.17) is 6.42 Å². The number of amides is 1. The van der Waals surface area contributed by atoms with Crippen molar-refractivity contribution < 1.29 is 4.79 Å². The summed E-state index contributed by atoms with van der Waals surface area (Å²) in [6, 6.07) is 0. The van der Waals surface area contributed by atoms with Gasteiger partial charge in [0.05, 0.1) is 11.8 Å². The van der Waals surface area contributed by atoms with Gasteiger partial charge >= 0.3 is 0 Å². The zero-order valence-corrected chi connectivity index (χ0v) is 10.3. The fourth-order valence-corrected chi connectivity index (χ4v) is 1.59. The van der Waals surface area contributed by atoms with Gasteiger partial charge in [0, 0.05) is 6.54 Å². The maximum atomic E-state index is 12.0. The van der Waals surface area contributed by atoms with Crippen molar-refractivity contribution in [2.24, 2.45) is 11.8 Å². The average Bonchev–Trinajstić information content (AvgIpc) is 2.98. The van der Waals surface area contributed by atoms with E-state index in [0.29, 0.717) is 12.5 Å². The molecule has 0 aliphatic heterocycles. The Kier molecular flexibility index (Phi) is 4.53. The minimum absolute atomic E-state index is 0.0817. The minimum Gasteiger partial charge on any atom is -0.330 e. The van der Waals surface area contributed by atoms with E-state index in [0.717, 1.165) is 6.54 Å². The first kappa shape index (κ1) is 12.4. The molecule has 1 unspecified atom stereocenters. The van der Waals surface area contributed by atoms with Crippen LogP contribution >= 0.6 is 12.6 Å². The van der Waals surface area contributed by atoms with Gasteiger partial charge in [0.25, 0.3) is 0 Å². The highest BCUT2D eigenvalue weighted by Crippen LogP contribution is 2.30. The van der Waals surface area contributed by atoms with Gasteiger partial charge in [-0.3, -0.25) is 4.79 Å². The molecule has 0 aromatic rings. The summed E-state index contributed by atoms with van der Waals surface area (Å²) in [7, 11) is 0. The van der Waals surface area contributed by atoms with Crippen molar-refractivity contribution in [3.8, 4) is 12.3 Å². The Balaban J connectivity index is 2.53. The number of thiol groups is 1. The molecule has 0 bridgehead atoms. The van der Waals surface area contributed by atoms with Gasteiger partial charge in [0.15, 0.2) is 0 Å². The Hall–Kier alpha value is -0.620. The molecule has 1 saturated carbocycles. The van der Waals surface area contributed by atoms with Crippen molar-refractivity contribution in [3.05, 3.63) is 0 Å². The molecule has 1 aliphatic carbocycles. The number of carbonyl (C=O) groups is 1. The molecule has 1 fully saturated rings. The van der Waals surface area contributed by atoms with Gasteiger partial charge in [0.1, 0.15) is 0 Å². The van der Waals surface area contributed by atoms with E-state index in [-0.39, 0.29) is 17.1 Å². The molecule has 3 heteroatoms. The third-order valence-electron chi connectivity index (χ3n) is 2.65. The second-order valence-electron chi connectivity index (χ2n) is 4.56. The molecule has 2 nitrogen and oxygen atoms in total. The van der Waals surface area contributed by atoms with E-state index in [1.165, 1.54) is 12.8 Å². The molecule has 1 aliphatic rings. The monoisotopic (exact) mass is 225 g/mol. The molecule has 0 aromatic heterocycles. The molecule has 0 radical (unpaired) electrons. The largest absolute Gasteiger partial charge is 0.330 e. The summed E-state index contributed by atoms with van der Waals surface area (Å²) in [5.41, 5.74) is 0. The van der Waals surface area contributed by atoms with Gasteiger partial charge in [-0.15, -0.1) is 6.42 Å². The second-order valence-corrected chi connectivity index (χ2v) is 5.11. The van der Waals surface area contributed by atoms with Gasteiger partial charge < -0.3 is 4.90 Å². The zero-order valence-electron chi connectivity index (χ0n) is 9.44. The Labute approximate surface area is 97.8 Å². The molecular weight excluding hydrogens is 206 g/mol. The fraction of sp³-hybridized carbons (Fsp3) is 0.750. The predicted molar refractivity (Wildman–Crippen MR) is 65.7 cm³/mol. The van der Waals surface area contributed by atoms with Crippen LogP contribution in [0.3, 0.4) is 0 Å². The van der Waals surface area contributed by atoms with Crippen molar-refractivity contribution in [1.29, 1.82) is 0 Å². The SMILES string of the molecule is C#CCN(CC1CC1)C(=O)C(S)C(C)C.